The zero-order valence-corrected chi connectivity index (χ0v) is 16.3. The largest absolute Gasteiger partial charge is 0.347 e. The molecule has 0 saturated carbocycles. The summed E-state index contributed by atoms with van der Waals surface area (Å²) in [6, 6.07) is 18.7. The maximum Gasteiger partial charge on any atom is 0.272 e. The molecule has 0 aliphatic carbocycles. The lowest BCUT2D eigenvalue weighted by Crippen LogP contribution is -2.32. The third-order valence-electron chi connectivity index (χ3n) is 4.59. The predicted octanol–water partition coefficient (Wildman–Crippen LogP) is 3.28. The van der Waals surface area contributed by atoms with Gasteiger partial charge in [-0.05, 0) is 49.7 Å². The Balaban J connectivity index is 1.59. The lowest BCUT2D eigenvalue weighted by molar-refractivity contribution is 0.0754. The Hall–Kier alpha value is -3.41. The zero-order chi connectivity index (χ0) is 20.1. The summed E-state index contributed by atoms with van der Waals surface area (Å²) in [5, 5.41) is 7.18. The Bertz CT molecular complexity index is 946. The van der Waals surface area contributed by atoms with E-state index in [0.717, 1.165) is 11.3 Å². The number of hydrogen-bond donors (Lipinski definition) is 1. The van der Waals surface area contributed by atoms with Crippen LogP contribution in [-0.2, 0) is 6.54 Å². The number of aromatic nitrogens is 2. The second-order valence-electron chi connectivity index (χ2n) is 6.87. The Morgan fingerprint density at radius 3 is 2.36 bits per heavy atom. The highest BCUT2D eigenvalue weighted by molar-refractivity contribution is 5.94. The highest BCUT2D eigenvalue weighted by atomic mass is 16.2. The first kappa shape index (κ1) is 19.4. The van der Waals surface area contributed by atoms with Crippen molar-refractivity contribution in [3.63, 3.8) is 0 Å². The molecule has 6 heteroatoms. The van der Waals surface area contributed by atoms with Crippen LogP contribution in [0.4, 0.5) is 0 Å². The van der Waals surface area contributed by atoms with Crippen LogP contribution < -0.4 is 5.32 Å². The summed E-state index contributed by atoms with van der Waals surface area (Å²) in [5.41, 5.74) is 2.80. The van der Waals surface area contributed by atoms with Crippen LogP contribution >= 0.6 is 0 Å². The van der Waals surface area contributed by atoms with E-state index in [4.69, 9.17) is 0 Å². The number of carbonyl (C=O) groups is 2. The minimum atomic E-state index is -0.241. The number of nitrogens with zero attached hydrogens (tertiary/aromatic N) is 3. The van der Waals surface area contributed by atoms with Gasteiger partial charge < -0.3 is 10.2 Å². The average Bonchev–Trinajstić information content (AvgIpc) is 3.22. The van der Waals surface area contributed by atoms with Gasteiger partial charge in [-0.2, -0.15) is 5.10 Å². The molecule has 0 bridgehead atoms. The van der Waals surface area contributed by atoms with E-state index >= 15 is 0 Å². The molecular weight excluding hydrogens is 352 g/mol. The highest BCUT2D eigenvalue weighted by Crippen LogP contribution is 2.10. The number of carbonyl (C=O) groups excluding carboxylic acids is 2. The van der Waals surface area contributed by atoms with Gasteiger partial charge in [0.2, 0.25) is 0 Å². The molecule has 28 heavy (non-hydrogen) atoms. The summed E-state index contributed by atoms with van der Waals surface area (Å²) < 4.78 is 1.67. The van der Waals surface area contributed by atoms with E-state index < -0.39 is 0 Å². The quantitative estimate of drug-likeness (QED) is 0.718. The molecule has 0 aliphatic heterocycles. The molecule has 0 spiro atoms. The van der Waals surface area contributed by atoms with Crippen LogP contribution in [0.15, 0.2) is 66.9 Å². The fourth-order valence-corrected chi connectivity index (χ4v) is 2.65. The van der Waals surface area contributed by atoms with Gasteiger partial charge in [-0.1, -0.05) is 30.3 Å². The molecule has 1 heterocycles. The average molecular weight is 376 g/mol. The number of benzene rings is 2. The second kappa shape index (κ2) is 8.52. The lowest BCUT2D eigenvalue weighted by atomic mass is 10.1. The van der Waals surface area contributed by atoms with Crippen LogP contribution in [0, 0.1) is 0 Å². The maximum atomic E-state index is 12.4. The molecule has 1 aromatic heterocycles. The minimum Gasteiger partial charge on any atom is -0.347 e. The van der Waals surface area contributed by atoms with Crippen molar-refractivity contribution < 1.29 is 9.59 Å². The van der Waals surface area contributed by atoms with Crippen LogP contribution in [0.3, 0.4) is 0 Å². The summed E-state index contributed by atoms with van der Waals surface area (Å²) in [6.45, 7) is 4.31. The van der Waals surface area contributed by atoms with E-state index in [1.807, 2.05) is 56.3 Å². The first-order valence-electron chi connectivity index (χ1n) is 9.21. The van der Waals surface area contributed by atoms with E-state index in [0.29, 0.717) is 17.8 Å². The highest BCUT2D eigenvalue weighted by Gasteiger charge is 2.14. The molecule has 3 rings (SSSR count). The predicted molar refractivity (Wildman–Crippen MR) is 108 cm³/mol. The molecule has 6 nitrogen and oxygen atoms in total. The van der Waals surface area contributed by atoms with Crippen LogP contribution in [0.1, 0.15) is 40.3 Å². The lowest BCUT2D eigenvalue weighted by Gasteiger charge is -2.21. The van der Waals surface area contributed by atoms with Crippen LogP contribution in [0.25, 0.3) is 5.69 Å². The van der Waals surface area contributed by atoms with Gasteiger partial charge in [-0.3, -0.25) is 9.59 Å². The molecule has 0 radical (unpaired) electrons. The van der Waals surface area contributed by atoms with Crippen LogP contribution in [0.2, 0.25) is 0 Å². The number of rotatable bonds is 6. The van der Waals surface area contributed by atoms with E-state index in [1.54, 1.807) is 41.0 Å². The van der Waals surface area contributed by atoms with E-state index in [-0.39, 0.29) is 17.9 Å². The normalized spacial score (nSPS) is 10.7. The topological polar surface area (TPSA) is 67.2 Å². The van der Waals surface area contributed by atoms with E-state index in [2.05, 4.69) is 10.4 Å². The molecule has 3 aromatic rings. The van der Waals surface area contributed by atoms with Crippen molar-refractivity contribution in [2.24, 2.45) is 0 Å². The standard InChI is InChI=1S/C22H24N4O2/c1-16(2)25(3)22(28)18-11-9-17(10-12-18)15-23-21(27)20-13-14-26(24-20)19-7-5-4-6-8-19/h4-14,16H,15H2,1-3H3,(H,23,27). The molecular formula is C22H24N4O2. The Labute approximate surface area is 164 Å². The van der Waals surface area contributed by atoms with Crippen LogP contribution in [-0.4, -0.2) is 39.6 Å². The Kier molecular flexibility index (Phi) is 5.89. The van der Waals surface area contributed by atoms with Crippen molar-refractivity contribution in [1.82, 2.24) is 20.0 Å². The number of hydrogen-bond acceptors (Lipinski definition) is 3. The first-order chi connectivity index (χ1) is 13.5. The number of nitrogens with one attached hydrogen (secondary N) is 1. The Morgan fingerprint density at radius 2 is 1.71 bits per heavy atom. The third-order valence-corrected chi connectivity index (χ3v) is 4.59. The molecule has 0 aliphatic rings. The minimum absolute atomic E-state index is 0.0166. The SMILES string of the molecule is CC(C)N(C)C(=O)c1ccc(CNC(=O)c2ccn(-c3ccccc3)n2)cc1. The zero-order valence-electron chi connectivity index (χ0n) is 16.3. The van der Waals surface area contributed by atoms with Gasteiger partial charge in [0.25, 0.3) is 11.8 Å². The fourth-order valence-electron chi connectivity index (χ4n) is 2.65. The van der Waals surface area contributed by atoms with Crippen molar-refractivity contribution in [2.75, 3.05) is 7.05 Å². The maximum absolute atomic E-state index is 12.4. The van der Waals surface area contributed by atoms with Gasteiger partial charge in [0, 0.05) is 31.4 Å². The van der Waals surface area contributed by atoms with Crippen molar-refractivity contribution in [1.29, 1.82) is 0 Å². The molecule has 0 saturated heterocycles. The van der Waals surface area contributed by atoms with Crippen molar-refractivity contribution >= 4 is 11.8 Å². The van der Waals surface area contributed by atoms with Crippen LogP contribution in [0.5, 0.6) is 0 Å². The van der Waals surface area contributed by atoms with Crippen molar-refractivity contribution in [3.8, 4) is 5.69 Å². The van der Waals surface area contributed by atoms with E-state index in [1.165, 1.54) is 0 Å². The molecule has 2 aromatic carbocycles. The molecule has 0 atom stereocenters. The summed E-state index contributed by atoms with van der Waals surface area (Å²) in [5.74, 6) is -0.258. The van der Waals surface area contributed by atoms with Crippen molar-refractivity contribution in [3.05, 3.63) is 83.7 Å². The molecule has 1 N–H and O–H groups in total. The van der Waals surface area contributed by atoms with E-state index in [9.17, 15) is 9.59 Å². The summed E-state index contributed by atoms with van der Waals surface area (Å²) in [4.78, 5) is 26.4. The van der Waals surface area contributed by atoms with Gasteiger partial charge in [0.05, 0.1) is 5.69 Å². The monoisotopic (exact) mass is 376 g/mol. The smallest absolute Gasteiger partial charge is 0.272 e. The molecule has 2 amide bonds. The second-order valence-corrected chi connectivity index (χ2v) is 6.87. The van der Waals surface area contributed by atoms with Gasteiger partial charge >= 0.3 is 0 Å². The number of para-hydroxylation sites is 1. The van der Waals surface area contributed by atoms with Gasteiger partial charge in [0.15, 0.2) is 5.69 Å². The number of amides is 2. The molecule has 144 valence electrons. The summed E-state index contributed by atoms with van der Waals surface area (Å²) in [6.07, 6.45) is 1.76. The van der Waals surface area contributed by atoms with Gasteiger partial charge in [-0.15, -0.1) is 0 Å². The molecule has 0 fully saturated rings. The molecule has 0 unspecified atom stereocenters. The summed E-state index contributed by atoms with van der Waals surface area (Å²) >= 11 is 0. The first-order valence-corrected chi connectivity index (χ1v) is 9.21. The fraction of sp³-hybridized carbons (Fsp3) is 0.227. The van der Waals surface area contributed by atoms with Gasteiger partial charge in [0.1, 0.15) is 0 Å². The summed E-state index contributed by atoms with van der Waals surface area (Å²) in [7, 11) is 1.79. The van der Waals surface area contributed by atoms with Gasteiger partial charge in [-0.25, -0.2) is 4.68 Å². The third kappa shape index (κ3) is 4.46. The Morgan fingerprint density at radius 1 is 1.04 bits per heavy atom. The van der Waals surface area contributed by atoms with Crippen molar-refractivity contribution in [2.45, 2.75) is 26.4 Å².